The topological polar surface area (TPSA) is 50.6 Å². The van der Waals surface area contributed by atoms with Crippen LogP contribution in [0.5, 0.6) is 0 Å². The van der Waals surface area contributed by atoms with Crippen molar-refractivity contribution in [1.29, 1.82) is 0 Å². The van der Waals surface area contributed by atoms with Crippen LogP contribution in [0.2, 0.25) is 0 Å². The highest BCUT2D eigenvalue weighted by Crippen LogP contribution is 2.20. The van der Waals surface area contributed by atoms with Gasteiger partial charge in [0.2, 0.25) is 10.0 Å². The number of fused-ring (bicyclic) bond motifs is 1. The number of quaternary nitrogens is 1. The first-order valence-corrected chi connectivity index (χ1v) is 11.9. The lowest BCUT2D eigenvalue weighted by molar-refractivity contribution is -0.945. The van der Waals surface area contributed by atoms with E-state index < -0.39 is 10.0 Å². The van der Waals surface area contributed by atoms with Crippen molar-refractivity contribution in [3.8, 4) is 0 Å². The molecule has 2 atom stereocenters. The summed E-state index contributed by atoms with van der Waals surface area (Å²) in [5.41, 5.74) is 3.83. The summed E-state index contributed by atoms with van der Waals surface area (Å²) < 4.78 is 28.4. The summed E-state index contributed by atoms with van der Waals surface area (Å²) in [6.45, 7) is 4.28. The summed E-state index contributed by atoms with van der Waals surface area (Å²) in [5.74, 6) is 0. The Kier molecular flexibility index (Phi) is 5.64. The highest BCUT2D eigenvalue weighted by atomic mass is 32.2. The van der Waals surface area contributed by atoms with Crippen LogP contribution in [0.15, 0.2) is 70.9 Å². The molecule has 28 heavy (non-hydrogen) atoms. The van der Waals surface area contributed by atoms with Crippen molar-refractivity contribution >= 4 is 21.4 Å². The van der Waals surface area contributed by atoms with Crippen LogP contribution < -0.4 is 9.62 Å². The first-order chi connectivity index (χ1) is 13.5. The predicted octanol–water partition coefficient (Wildman–Crippen LogP) is 2.72. The third-order valence-corrected chi connectivity index (χ3v) is 7.86. The van der Waals surface area contributed by atoms with Crippen LogP contribution in [0.3, 0.4) is 0 Å². The molecule has 1 aliphatic heterocycles. The molecule has 0 amide bonds. The van der Waals surface area contributed by atoms with Crippen LogP contribution in [-0.2, 0) is 23.0 Å². The molecule has 0 radical (unpaired) electrons. The number of nitrogens with one attached hydrogen (secondary N) is 2. The van der Waals surface area contributed by atoms with Crippen molar-refractivity contribution in [2.24, 2.45) is 0 Å². The Morgan fingerprint density at radius 2 is 1.79 bits per heavy atom. The third-order valence-electron chi connectivity index (χ3n) is 5.44. The van der Waals surface area contributed by atoms with Crippen molar-refractivity contribution in [2.45, 2.75) is 30.8 Å². The molecule has 146 valence electrons. The van der Waals surface area contributed by atoms with Gasteiger partial charge in [0.1, 0.15) is 12.6 Å². The minimum Gasteiger partial charge on any atom is -0.323 e. The smallest absolute Gasteiger partial charge is 0.240 e. The van der Waals surface area contributed by atoms with Gasteiger partial charge in [-0.3, -0.25) is 0 Å². The maximum absolute atomic E-state index is 12.8. The Morgan fingerprint density at radius 1 is 1.04 bits per heavy atom. The Labute approximate surface area is 170 Å². The zero-order chi connectivity index (χ0) is 19.6. The molecule has 2 aromatic carbocycles. The fourth-order valence-electron chi connectivity index (χ4n) is 3.83. The molecule has 0 fully saturated rings. The largest absolute Gasteiger partial charge is 0.323 e. The Hall–Kier alpha value is -1.99. The van der Waals surface area contributed by atoms with E-state index in [4.69, 9.17) is 0 Å². The van der Waals surface area contributed by atoms with E-state index in [9.17, 15) is 8.42 Å². The van der Waals surface area contributed by atoms with Crippen molar-refractivity contribution in [1.82, 2.24) is 4.72 Å². The Morgan fingerprint density at radius 3 is 2.50 bits per heavy atom. The van der Waals surface area contributed by atoms with Crippen LogP contribution in [0.1, 0.15) is 27.6 Å². The average molecular weight is 414 g/mol. The van der Waals surface area contributed by atoms with Gasteiger partial charge in [-0.15, -0.1) is 11.3 Å². The van der Waals surface area contributed by atoms with E-state index in [1.807, 2.05) is 25.1 Å². The van der Waals surface area contributed by atoms with Gasteiger partial charge in [-0.25, -0.2) is 13.1 Å². The van der Waals surface area contributed by atoms with Crippen LogP contribution in [-0.4, -0.2) is 21.5 Å². The van der Waals surface area contributed by atoms with E-state index in [0.717, 1.165) is 25.1 Å². The Bertz CT molecular complexity index is 1030. The monoisotopic (exact) mass is 413 g/mol. The zero-order valence-corrected chi connectivity index (χ0v) is 17.5. The molecule has 0 saturated carbocycles. The second-order valence-electron chi connectivity index (χ2n) is 7.34. The SMILES string of the molecule is Cc1ccc(S(=O)(=O)NC[C@H](c2cccs2)[NH+]2CCc3ccccc3C2)cc1. The number of thiophene rings is 1. The summed E-state index contributed by atoms with van der Waals surface area (Å²) in [6, 6.07) is 19.8. The summed E-state index contributed by atoms with van der Waals surface area (Å²) in [7, 11) is -3.52. The first-order valence-electron chi connectivity index (χ1n) is 9.54. The Balaban J connectivity index is 1.54. The normalized spacial score (nSPS) is 17.8. The molecular formula is C22H25N2O2S2+. The summed E-state index contributed by atoms with van der Waals surface area (Å²) >= 11 is 1.70. The van der Waals surface area contributed by atoms with Gasteiger partial charge in [0.25, 0.3) is 0 Å². The van der Waals surface area contributed by atoms with Gasteiger partial charge in [0.05, 0.1) is 22.9 Å². The van der Waals surface area contributed by atoms with E-state index in [0.29, 0.717) is 11.4 Å². The van der Waals surface area contributed by atoms with Gasteiger partial charge in [-0.1, -0.05) is 48.0 Å². The quantitative estimate of drug-likeness (QED) is 0.653. The molecule has 1 aromatic heterocycles. The highest BCUT2D eigenvalue weighted by molar-refractivity contribution is 7.89. The maximum atomic E-state index is 12.8. The minimum atomic E-state index is -3.52. The lowest BCUT2D eigenvalue weighted by Gasteiger charge is -2.32. The fourth-order valence-corrected chi connectivity index (χ4v) is 5.76. The average Bonchev–Trinajstić information content (AvgIpc) is 3.23. The fraction of sp³-hybridized carbons (Fsp3) is 0.273. The van der Waals surface area contributed by atoms with Gasteiger partial charge >= 0.3 is 0 Å². The van der Waals surface area contributed by atoms with Crippen molar-refractivity contribution in [3.05, 3.63) is 87.6 Å². The number of aryl methyl sites for hydroxylation is 1. The number of hydrogen-bond acceptors (Lipinski definition) is 3. The van der Waals surface area contributed by atoms with Gasteiger partial charge in [-0.05, 0) is 36.1 Å². The lowest BCUT2D eigenvalue weighted by Crippen LogP contribution is -3.12. The second-order valence-corrected chi connectivity index (χ2v) is 10.1. The lowest BCUT2D eigenvalue weighted by atomic mass is 9.98. The van der Waals surface area contributed by atoms with E-state index in [1.165, 1.54) is 20.9 Å². The molecule has 0 bridgehead atoms. The van der Waals surface area contributed by atoms with Crippen molar-refractivity contribution < 1.29 is 13.3 Å². The van der Waals surface area contributed by atoms with Crippen LogP contribution >= 0.6 is 11.3 Å². The molecule has 2 N–H and O–H groups in total. The van der Waals surface area contributed by atoms with Gasteiger partial charge in [-0.2, -0.15) is 0 Å². The van der Waals surface area contributed by atoms with Gasteiger partial charge in [0, 0.05) is 12.0 Å². The molecule has 0 saturated heterocycles. The molecule has 1 unspecified atom stereocenters. The van der Waals surface area contributed by atoms with Crippen LogP contribution in [0, 0.1) is 6.92 Å². The molecule has 3 aromatic rings. The van der Waals surface area contributed by atoms with Crippen LogP contribution in [0.4, 0.5) is 0 Å². The number of rotatable bonds is 6. The van der Waals surface area contributed by atoms with Crippen LogP contribution in [0.25, 0.3) is 0 Å². The van der Waals surface area contributed by atoms with E-state index in [2.05, 4.69) is 40.4 Å². The van der Waals surface area contributed by atoms with E-state index in [1.54, 1.807) is 23.5 Å². The highest BCUT2D eigenvalue weighted by Gasteiger charge is 2.30. The first kappa shape index (κ1) is 19.3. The molecule has 4 nitrogen and oxygen atoms in total. The minimum absolute atomic E-state index is 0.105. The molecule has 6 heteroatoms. The predicted molar refractivity (Wildman–Crippen MR) is 113 cm³/mol. The molecule has 1 aliphatic rings. The van der Waals surface area contributed by atoms with Gasteiger partial charge in [0.15, 0.2) is 0 Å². The standard InChI is InChI=1S/C22H24N2O2S2/c1-17-8-10-20(11-9-17)28(25,26)23-15-21(22-7-4-14-27-22)24-13-12-18-5-2-3-6-19(18)16-24/h2-11,14,21,23H,12-13,15-16H2,1H3/p+1/t21-/m1/s1. The molecule has 2 heterocycles. The third kappa shape index (κ3) is 4.20. The molecule has 0 aliphatic carbocycles. The molecule has 4 rings (SSSR count). The van der Waals surface area contributed by atoms with E-state index in [-0.39, 0.29) is 6.04 Å². The second kappa shape index (κ2) is 8.17. The number of benzene rings is 2. The zero-order valence-electron chi connectivity index (χ0n) is 15.9. The summed E-state index contributed by atoms with van der Waals surface area (Å²) in [5, 5.41) is 2.06. The molecule has 0 spiro atoms. The number of hydrogen-bond donors (Lipinski definition) is 2. The van der Waals surface area contributed by atoms with E-state index >= 15 is 0 Å². The van der Waals surface area contributed by atoms with Crippen molar-refractivity contribution in [3.63, 3.8) is 0 Å². The maximum Gasteiger partial charge on any atom is 0.240 e. The summed E-state index contributed by atoms with van der Waals surface area (Å²) in [6.07, 6.45) is 1.03. The summed E-state index contributed by atoms with van der Waals surface area (Å²) in [4.78, 5) is 2.95. The van der Waals surface area contributed by atoms with Gasteiger partial charge < -0.3 is 4.90 Å². The number of sulfonamides is 1. The molecular weight excluding hydrogens is 388 g/mol. The van der Waals surface area contributed by atoms with Crippen molar-refractivity contribution in [2.75, 3.05) is 13.1 Å².